The topological polar surface area (TPSA) is 58.0 Å². The number of nitrogens with one attached hydrogen (secondary N) is 2. The Morgan fingerprint density at radius 3 is 2.41 bits per heavy atom. The SMILES string of the molecule is CCC(CC)Nc1ncccc1C(=N)c1ccccc1OCc1ccccc1C. The van der Waals surface area contributed by atoms with E-state index in [4.69, 9.17) is 10.1 Å². The van der Waals surface area contributed by atoms with Gasteiger partial charge in [0.2, 0.25) is 0 Å². The zero-order chi connectivity index (χ0) is 20.6. The summed E-state index contributed by atoms with van der Waals surface area (Å²) in [6.45, 7) is 6.87. The van der Waals surface area contributed by atoms with Crippen LogP contribution in [0.4, 0.5) is 5.82 Å². The molecule has 2 N–H and O–H groups in total. The molecule has 1 aromatic heterocycles. The molecule has 0 atom stereocenters. The third-order valence-corrected chi connectivity index (χ3v) is 5.20. The highest BCUT2D eigenvalue weighted by Crippen LogP contribution is 2.26. The van der Waals surface area contributed by atoms with Gasteiger partial charge in [-0.25, -0.2) is 4.98 Å². The fraction of sp³-hybridized carbons (Fsp3) is 0.280. The number of aryl methyl sites for hydroxylation is 1. The molecule has 0 bridgehead atoms. The summed E-state index contributed by atoms with van der Waals surface area (Å²) in [6, 6.07) is 20.1. The molecule has 0 saturated heterocycles. The van der Waals surface area contributed by atoms with Gasteiger partial charge in [-0.15, -0.1) is 0 Å². The van der Waals surface area contributed by atoms with Gasteiger partial charge in [0.25, 0.3) is 0 Å². The molecule has 0 aliphatic heterocycles. The van der Waals surface area contributed by atoms with Crippen molar-refractivity contribution in [3.05, 3.63) is 89.1 Å². The molecule has 0 aliphatic rings. The summed E-state index contributed by atoms with van der Waals surface area (Å²) in [7, 11) is 0. The first-order chi connectivity index (χ1) is 14.1. The van der Waals surface area contributed by atoms with E-state index >= 15 is 0 Å². The molecule has 0 radical (unpaired) electrons. The van der Waals surface area contributed by atoms with E-state index in [0.717, 1.165) is 35.3 Å². The number of hydrogen-bond donors (Lipinski definition) is 2. The number of benzene rings is 2. The smallest absolute Gasteiger partial charge is 0.135 e. The van der Waals surface area contributed by atoms with Gasteiger partial charge in [-0.3, -0.25) is 5.41 Å². The fourth-order valence-electron chi connectivity index (χ4n) is 3.28. The van der Waals surface area contributed by atoms with Crippen LogP contribution < -0.4 is 10.1 Å². The predicted molar refractivity (Wildman–Crippen MR) is 120 cm³/mol. The van der Waals surface area contributed by atoms with Crippen LogP contribution in [0.5, 0.6) is 5.75 Å². The van der Waals surface area contributed by atoms with Crippen molar-refractivity contribution in [1.29, 1.82) is 5.41 Å². The number of para-hydroxylation sites is 1. The van der Waals surface area contributed by atoms with E-state index in [0.29, 0.717) is 24.1 Å². The minimum Gasteiger partial charge on any atom is -0.488 e. The number of pyridine rings is 1. The Hall–Kier alpha value is -3.14. The second kappa shape index (κ2) is 9.87. The molecule has 0 amide bonds. The van der Waals surface area contributed by atoms with Crippen LogP contribution in [0.25, 0.3) is 0 Å². The Balaban J connectivity index is 1.86. The predicted octanol–water partition coefficient (Wildman–Crippen LogP) is 5.99. The summed E-state index contributed by atoms with van der Waals surface area (Å²) in [5.74, 6) is 1.46. The minimum atomic E-state index is 0.337. The van der Waals surface area contributed by atoms with Gasteiger partial charge in [0, 0.05) is 23.4 Å². The number of hydrogen-bond acceptors (Lipinski definition) is 4. The Labute approximate surface area is 173 Å². The maximum Gasteiger partial charge on any atom is 0.135 e. The van der Waals surface area contributed by atoms with Crippen LogP contribution in [0.2, 0.25) is 0 Å². The van der Waals surface area contributed by atoms with Gasteiger partial charge in [0.15, 0.2) is 0 Å². The number of aromatic nitrogens is 1. The standard InChI is InChI=1S/C25H29N3O/c1-4-20(5-2)28-25-22(14-10-16-27-25)24(26)21-13-8-9-15-23(21)29-17-19-12-7-6-11-18(19)3/h6-16,20,26H,4-5,17H2,1-3H3,(H,27,28). The fourth-order valence-corrected chi connectivity index (χ4v) is 3.28. The van der Waals surface area contributed by atoms with E-state index in [9.17, 15) is 0 Å². The average molecular weight is 388 g/mol. The van der Waals surface area contributed by atoms with Crippen LogP contribution in [0.1, 0.15) is 48.9 Å². The number of anilines is 1. The lowest BCUT2D eigenvalue weighted by atomic mass is 10.0. The van der Waals surface area contributed by atoms with E-state index in [1.54, 1.807) is 6.20 Å². The van der Waals surface area contributed by atoms with Gasteiger partial charge in [-0.1, -0.05) is 50.2 Å². The maximum atomic E-state index is 8.88. The zero-order valence-corrected chi connectivity index (χ0v) is 17.4. The highest BCUT2D eigenvalue weighted by atomic mass is 16.5. The molecule has 3 aromatic rings. The van der Waals surface area contributed by atoms with Crippen LogP contribution in [0.3, 0.4) is 0 Å². The van der Waals surface area contributed by atoms with Crippen LogP contribution in [0, 0.1) is 12.3 Å². The Kier molecular flexibility index (Phi) is 7.01. The molecule has 0 spiro atoms. The van der Waals surface area contributed by atoms with Crippen molar-refractivity contribution < 1.29 is 4.74 Å². The van der Waals surface area contributed by atoms with Gasteiger partial charge in [0.1, 0.15) is 18.2 Å². The first-order valence-corrected chi connectivity index (χ1v) is 10.2. The number of ether oxygens (including phenoxy) is 1. The molecular weight excluding hydrogens is 358 g/mol. The summed E-state index contributed by atoms with van der Waals surface area (Å²) in [5, 5.41) is 12.4. The van der Waals surface area contributed by atoms with E-state index in [2.05, 4.69) is 43.2 Å². The van der Waals surface area contributed by atoms with Crippen molar-refractivity contribution in [1.82, 2.24) is 4.98 Å². The van der Waals surface area contributed by atoms with Crippen molar-refractivity contribution in [2.75, 3.05) is 5.32 Å². The van der Waals surface area contributed by atoms with E-state index < -0.39 is 0 Å². The second-order valence-corrected chi connectivity index (χ2v) is 7.14. The molecule has 0 fully saturated rings. The lowest BCUT2D eigenvalue weighted by Gasteiger charge is -2.19. The number of rotatable bonds is 9. The molecule has 150 valence electrons. The molecule has 4 nitrogen and oxygen atoms in total. The molecule has 29 heavy (non-hydrogen) atoms. The average Bonchev–Trinajstić information content (AvgIpc) is 2.77. The molecule has 1 heterocycles. The van der Waals surface area contributed by atoms with Crippen LogP contribution in [0.15, 0.2) is 66.9 Å². The second-order valence-electron chi connectivity index (χ2n) is 7.14. The lowest BCUT2D eigenvalue weighted by molar-refractivity contribution is 0.305. The molecule has 4 heteroatoms. The zero-order valence-electron chi connectivity index (χ0n) is 17.4. The van der Waals surface area contributed by atoms with E-state index in [-0.39, 0.29) is 0 Å². The van der Waals surface area contributed by atoms with E-state index in [1.807, 2.05) is 48.5 Å². The maximum absolute atomic E-state index is 8.88. The van der Waals surface area contributed by atoms with Crippen molar-refractivity contribution >= 4 is 11.5 Å². The van der Waals surface area contributed by atoms with Gasteiger partial charge in [-0.05, 0) is 55.2 Å². The van der Waals surface area contributed by atoms with Crippen molar-refractivity contribution in [3.63, 3.8) is 0 Å². The van der Waals surface area contributed by atoms with Crippen molar-refractivity contribution in [3.8, 4) is 5.75 Å². The Morgan fingerprint density at radius 2 is 1.66 bits per heavy atom. The summed E-state index contributed by atoms with van der Waals surface area (Å²) < 4.78 is 6.13. The monoisotopic (exact) mass is 387 g/mol. The summed E-state index contributed by atoms with van der Waals surface area (Å²) >= 11 is 0. The Bertz CT molecular complexity index is 964. The van der Waals surface area contributed by atoms with Crippen LogP contribution >= 0.6 is 0 Å². The molecular formula is C25H29N3O. The normalized spacial score (nSPS) is 10.8. The highest BCUT2D eigenvalue weighted by molar-refractivity contribution is 6.15. The minimum absolute atomic E-state index is 0.337. The van der Waals surface area contributed by atoms with Gasteiger partial charge >= 0.3 is 0 Å². The van der Waals surface area contributed by atoms with Crippen molar-refractivity contribution in [2.24, 2.45) is 0 Å². The quantitative estimate of drug-likeness (QED) is 0.444. The summed E-state index contributed by atoms with van der Waals surface area (Å²) in [6.07, 6.45) is 3.79. The third-order valence-electron chi connectivity index (χ3n) is 5.20. The van der Waals surface area contributed by atoms with Crippen LogP contribution in [-0.2, 0) is 6.61 Å². The largest absolute Gasteiger partial charge is 0.488 e. The first-order valence-electron chi connectivity index (χ1n) is 10.2. The molecule has 3 rings (SSSR count). The van der Waals surface area contributed by atoms with Crippen molar-refractivity contribution in [2.45, 2.75) is 46.3 Å². The van der Waals surface area contributed by atoms with Gasteiger partial charge in [0.05, 0.1) is 5.71 Å². The van der Waals surface area contributed by atoms with Crippen LogP contribution in [-0.4, -0.2) is 16.7 Å². The van der Waals surface area contributed by atoms with E-state index in [1.165, 1.54) is 5.56 Å². The summed E-state index contributed by atoms with van der Waals surface area (Å²) in [4.78, 5) is 4.50. The molecule has 2 aromatic carbocycles. The molecule has 0 unspecified atom stereocenters. The Morgan fingerprint density at radius 1 is 0.966 bits per heavy atom. The molecule has 0 aliphatic carbocycles. The number of nitrogens with zero attached hydrogens (tertiary/aromatic N) is 1. The summed E-state index contributed by atoms with van der Waals surface area (Å²) in [5.41, 5.74) is 4.30. The highest BCUT2D eigenvalue weighted by Gasteiger charge is 2.16. The van der Waals surface area contributed by atoms with Gasteiger partial charge in [-0.2, -0.15) is 0 Å². The lowest BCUT2D eigenvalue weighted by Crippen LogP contribution is -2.20. The third kappa shape index (κ3) is 5.02. The van der Waals surface area contributed by atoms with Gasteiger partial charge < -0.3 is 10.1 Å². The molecule has 0 saturated carbocycles. The first kappa shape index (κ1) is 20.6.